The molecule has 0 aliphatic heterocycles. The van der Waals surface area contributed by atoms with Crippen molar-refractivity contribution in [1.29, 1.82) is 0 Å². The van der Waals surface area contributed by atoms with Crippen molar-refractivity contribution in [1.82, 2.24) is 9.55 Å². The number of hydrogen-bond acceptors (Lipinski definition) is 2. The molecule has 0 fully saturated rings. The van der Waals surface area contributed by atoms with Crippen LogP contribution in [0.15, 0.2) is 30.6 Å². The van der Waals surface area contributed by atoms with Crippen molar-refractivity contribution in [3.8, 4) is 0 Å². The number of hydrogen-bond donors (Lipinski definition) is 1. The lowest BCUT2D eigenvalue weighted by molar-refractivity contribution is -0.139. The third kappa shape index (κ3) is 2.67. The van der Waals surface area contributed by atoms with Crippen LogP contribution >= 0.6 is 0 Å². The van der Waals surface area contributed by atoms with Crippen LogP contribution in [0, 0.1) is 5.82 Å². The number of aryl methyl sites for hydroxylation is 1. The molecule has 20 heavy (non-hydrogen) atoms. The van der Waals surface area contributed by atoms with Gasteiger partial charge in [0.05, 0.1) is 5.56 Å². The molecule has 1 heterocycles. The molecule has 0 bridgehead atoms. The Morgan fingerprint density at radius 2 is 2.05 bits per heavy atom. The first-order valence-corrected chi connectivity index (χ1v) is 5.90. The molecule has 0 saturated heterocycles. The van der Waals surface area contributed by atoms with Crippen molar-refractivity contribution in [2.24, 2.45) is 0 Å². The molecule has 1 unspecified atom stereocenters. The Hall–Kier alpha value is -1.89. The van der Waals surface area contributed by atoms with E-state index in [1.807, 2.05) is 0 Å². The van der Waals surface area contributed by atoms with E-state index in [1.54, 1.807) is 6.92 Å². The van der Waals surface area contributed by atoms with Crippen LogP contribution in [0.4, 0.5) is 17.6 Å². The number of alkyl halides is 3. The Balaban J connectivity index is 2.54. The smallest absolute Gasteiger partial charge is 0.380 e. The lowest BCUT2D eigenvalue weighted by atomic mass is 10.0. The predicted octanol–water partition coefficient (Wildman–Crippen LogP) is 3.14. The van der Waals surface area contributed by atoms with Crippen molar-refractivity contribution >= 4 is 0 Å². The molecule has 1 aromatic heterocycles. The van der Waals surface area contributed by atoms with Crippen LogP contribution in [0.25, 0.3) is 0 Å². The fraction of sp³-hybridized carbons (Fsp3) is 0.308. The van der Waals surface area contributed by atoms with Crippen LogP contribution < -0.4 is 0 Å². The van der Waals surface area contributed by atoms with Gasteiger partial charge in [-0.15, -0.1) is 0 Å². The van der Waals surface area contributed by atoms with Crippen LogP contribution in [0.3, 0.4) is 0 Å². The summed E-state index contributed by atoms with van der Waals surface area (Å²) in [5.41, 5.74) is -1.62. The number of nitrogens with zero attached hydrogens (tertiary/aromatic N) is 2. The molecule has 1 atom stereocenters. The molecule has 0 spiro atoms. The topological polar surface area (TPSA) is 38.0 Å². The first-order valence-electron chi connectivity index (χ1n) is 5.90. The summed E-state index contributed by atoms with van der Waals surface area (Å²) in [7, 11) is 0. The summed E-state index contributed by atoms with van der Waals surface area (Å²) < 4.78 is 53.4. The molecule has 0 saturated carbocycles. The summed E-state index contributed by atoms with van der Waals surface area (Å²) in [6.45, 7) is 2.19. The minimum atomic E-state index is -4.67. The van der Waals surface area contributed by atoms with Crippen molar-refractivity contribution in [3.05, 3.63) is 53.4 Å². The van der Waals surface area contributed by atoms with E-state index < -0.39 is 29.2 Å². The van der Waals surface area contributed by atoms with Gasteiger partial charge >= 0.3 is 6.18 Å². The Morgan fingerprint density at radius 3 is 2.65 bits per heavy atom. The maximum Gasteiger partial charge on any atom is 0.416 e. The van der Waals surface area contributed by atoms with E-state index >= 15 is 0 Å². The molecule has 3 nitrogen and oxygen atoms in total. The zero-order valence-electron chi connectivity index (χ0n) is 10.5. The average Bonchev–Trinajstić information content (AvgIpc) is 2.84. The first kappa shape index (κ1) is 14.5. The fourth-order valence-electron chi connectivity index (χ4n) is 1.99. The number of aliphatic hydroxyl groups excluding tert-OH is 1. The van der Waals surface area contributed by atoms with Gasteiger partial charge in [-0.2, -0.15) is 13.2 Å². The van der Waals surface area contributed by atoms with Crippen LogP contribution in [0.5, 0.6) is 0 Å². The molecular weight excluding hydrogens is 276 g/mol. The van der Waals surface area contributed by atoms with Gasteiger partial charge in [-0.3, -0.25) is 0 Å². The van der Waals surface area contributed by atoms with Crippen molar-refractivity contribution in [3.63, 3.8) is 0 Å². The number of aromatic nitrogens is 2. The number of halogens is 4. The Bertz CT molecular complexity index is 607. The molecule has 0 radical (unpaired) electrons. The van der Waals surface area contributed by atoms with E-state index in [0.717, 1.165) is 0 Å². The zero-order valence-corrected chi connectivity index (χ0v) is 10.5. The standard InChI is InChI=1S/C13H12F4N2O/c1-2-19-6-5-18-12(19)11(20)9-7-8(14)3-4-10(9)13(15,16)17/h3-7,11,20H,2H2,1H3. The van der Waals surface area contributed by atoms with Gasteiger partial charge < -0.3 is 9.67 Å². The molecule has 108 valence electrons. The second kappa shape index (κ2) is 5.24. The summed E-state index contributed by atoms with van der Waals surface area (Å²) in [6.07, 6.45) is -3.41. The van der Waals surface area contributed by atoms with E-state index in [4.69, 9.17) is 0 Å². The average molecular weight is 288 g/mol. The van der Waals surface area contributed by atoms with Crippen molar-refractivity contribution < 1.29 is 22.7 Å². The van der Waals surface area contributed by atoms with Gasteiger partial charge in [0.1, 0.15) is 17.7 Å². The predicted molar refractivity (Wildman–Crippen MR) is 63.4 cm³/mol. The molecule has 0 aliphatic carbocycles. The summed E-state index contributed by atoms with van der Waals surface area (Å²) in [4.78, 5) is 3.84. The lowest BCUT2D eigenvalue weighted by Gasteiger charge is -2.18. The molecule has 7 heteroatoms. The van der Waals surface area contributed by atoms with Gasteiger partial charge in [-0.1, -0.05) is 0 Å². The van der Waals surface area contributed by atoms with Crippen LogP contribution in [-0.2, 0) is 12.7 Å². The second-order valence-electron chi connectivity index (χ2n) is 4.20. The number of aliphatic hydroxyl groups is 1. The van der Waals surface area contributed by atoms with E-state index in [0.29, 0.717) is 24.7 Å². The number of imidazole rings is 1. The second-order valence-corrected chi connectivity index (χ2v) is 4.20. The van der Waals surface area contributed by atoms with Crippen LogP contribution in [-0.4, -0.2) is 14.7 Å². The molecule has 1 aromatic carbocycles. The minimum absolute atomic E-state index is 0.0450. The Labute approximate surface area is 112 Å². The summed E-state index contributed by atoms with van der Waals surface area (Å²) in [5, 5.41) is 10.1. The van der Waals surface area contributed by atoms with E-state index in [1.165, 1.54) is 17.0 Å². The quantitative estimate of drug-likeness (QED) is 0.881. The highest BCUT2D eigenvalue weighted by Gasteiger charge is 2.36. The van der Waals surface area contributed by atoms with E-state index in [2.05, 4.69) is 4.98 Å². The Morgan fingerprint density at radius 1 is 1.35 bits per heavy atom. The van der Waals surface area contributed by atoms with Gasteiger partial charge in [-0.25, -0.2) is 9.37 Å². The molecule has 0 amide bonds. The van der Waals surface area contributed by atoms with Gasteiger partial charge in [-0.05, 0) is 25.1 Å². The van der Waals surface area contributed by atoms with Gasteiger partial charge in [0.2, 0.25) is 0 Å². The minimum Gasteiger partial charge on any atom is -0.380 e. The molecule has 1 N–H and O–H groups in total. The lowest BCUT2D eigenvalue weighted by Crippen LogP contribution is -2.16. The van der Waals surface area contributed by atoms with Crippen molar-refractivity contribution in [2.75, 3.05) is 0 Å². The maximum absolute atomic E-state index is 13.2. The van der Waals surface area contributed by atoms with E-state index in [9.17, 15) is 22.7 Å². The first-order chi connectivity index (χ1) is 9.34. The fourth-order valence-corrected chi connectivity index (χ4v) is 1.99. The maximum atomic E-state index is 13.2. The SMILES string of the molecule is CCn1ccnc1C(O)c1cc(F)ccc1C(F)(F)F. The monoisotopic (exact) mass is 288 g/mol. The molecule has 2 rings (SSSR count). The largest absolute Gasteiger partial charge is 0.416 e. The highest BCUT2D eigenvalue weighted by Crippen LogP contribution is 2.36. The third-order valence-electron chi connectivity index (χ3n) is 2.95. The molecule has 0 aliphatic rings. The van der Waals surface area contributed by atoms with Gasteiger partial charge in [0.25, 0.3) is 0 Å². The number of rotatable bonds is 3. The van der Waals surface area contributed by atoms with Crippen LogP contribution in [0.1, 0.15) is 30.0 Å². The third-order valence-corrected chi connectivity index (χ3v) is 2.95. The normalized spacial score (nSPS) is 13.5. The van der Waals surface area contributed by atoms with Gasteiger partial charge in [0.15, 0.2) is 0 Å². The summed E-state index contributed by atoms with van der Waals surface area (Å²) in [5.74, 6) is -0.801. The highest BCUT2D eigenvalue weighted by molar-refractivity contribution is 5.35. The molecular formula is C13H12F4N2O. The van der Waals surface area contributed by atoms with E-state index in [-0.39, 0.29) is 5.82 Å². The highest BCUT2D eigenvalue weighted by atomic mass is 19.4. The Kier molecular flexibility index (Phi) is 3.80. The van der Waals surface area contributed by atoms with Crippen molar-refractivity contribution in [2.45, 2.75) is 25.7 Å². The molecule has 2 aromatic rings. The summed E-state index contributed by atoms with van der Waals surface area (Å²) >= 11 is 0. The van der Waals surface area contributed by atoms with Crippen LogP contribution in [0.2, 0.25) is 0 Å². The van der Waals surface area contributed by atoms with Gasteiger partial charge in [0, 0.05) is 24.5 Å². The summed E-state index contributed by atoms with van der Waals surface area (Å²) in [6, 6.07) is 2.01. The zero-order chi connectivity index (χ0) is 14.9. The number of benzene rings is 1.